The predicted molar refractivity (Wildman–Crippen MR) is 346 cm³/mol. The van der Waals surface area contributed by atoms with Crippen LogP contribution in [0.2, 0.25) is 0 Å². The number of amides is 4. The number of unbranched alkanes of at least 4 members (excludes halogenated alkanes) is 8. The molecule has 0 fully saturated rings. The Kier molecular flexibility index (Phi) is 20.7. The number of imide groups is 2. The highest BCUT2D eigenvalue weighted by atomic mass is 32.1. The summed E-state index contributed by atoms with van der Waals surface area (Å²) in [5.74, 6) is -1.10. The molecule has 4 amide bonds. The molecule has 9 rings (SSSR count). The van der Waals surface area contributed by atoms with Gasteiger partial charge >= 0.3 is 0 Å². The molecular formula is C72H94N4O4S2. The Bertz CT molecular complexity index is 3250. The van der Waals surface area contributed by atoms with Crippen molar-refractivity contribution >= 4 is 57.1 Å². The maximum atomic E-state index is 15.7. The highest BCUT2D eigenvalue weighted by Gasteiger charge is 2.45. The molecule has 0 bridgehead atoms. The smallest absolute Gasteiger partial charge is 0.262 e. The van der Waals surface area contributed by atoms with Crippen molar-refractivity contribution in [2.45, 2.75) is 183 Å². The Hall–Kier alpha value is -5.26. The van der Waals surface area contributed by atoms with Gasteiger partial charge in [0.25, 0.3) is 23.6 Å². The Labute approximate surface area is 500 Å². The number of benzene rings is 4. The van der Waals surface area contributed by atoms with E-state index >= 15 is 19.2 Å². The Morgan fingerprint density at radius 3 is 1.49 bits per heavy atom. The topological polar surface area (TPSA) is 81.2 Å². The summed E-state index contributed by atoms with van der Waals surface area (Å²) in [6.07, 6.45) is 19.6. The van der Waals surface area contributed by atoms with Crippen molar-refractivity contribution in [3.63, 3.8) is 0 Å². The van der Waals surface area contributed by atoms with E-state index in [0.29, 0.717) is 57.2 Å². The van der Waals surface area contributed by atoms with Crippen molar-refractivity contribution in [3.05, 3.63) is 117 Å². The number of rotatable bonds is 32. The molecule has 1 aliphatic carbocycles. The molecular weight excluding hydrogens is 1050 g/mol. The molecule has 3 atom stereocenters. The number of aryl methyl sites for hydroxylation is 2. The van der Waals surface area contributed by atoms with Crippen LogP contribution in [0.15, 0.2) is 72.8 Å². The van der Waals surface area contributed by atoms with E-state index in [4.69, 9.17) is 0 Å². The SMILES string of the molecule is CCCCC(CC)CN1C(=O)c2cc(-c3ccc(-c4ccc5c(c4)C(CCCCCCN(C)CC)(CCCCCCN(CC)CC)c4cc(C)ccc4-5)s3)c3c4c(cc(-c5ccc(C)s5)c(c24)C1=O)C(=O)N(CC(CC)CCCC)C3=O. The van der Waals surface area contributed by atoms with Gasteiger partial charge in [-0.25, -0.2) is 0 Å². The minimum atomic E-state index is -0.350. The largest absolute Gasteiger partial charge is 0.307 e. The molecule has 2 aliphatic heterocycles. The minimum Gasteiger partial charge on any atom is -0.307 e. The lowest BCUT2D eigenvalue weighted by Gasteiger charge is -2.36. The maximum absolute atomic E-state index is 15.7. The van der Waals surface area contributed by atoms with Gasteiger partial charge in [-0.1, -0.05) is 161 Å². The quantitative estimate of drug-likeness (QED) is 0.0309. The van der Waals surface area contributed by atoms with Crippen LogP contribution in [0.5, 0.6) is 0 Å². The third kappa shape index (κ3) is 12.4. The molecule has 3 aliphatic rings. The van der Waals surface area contributed by atoms with Gasteiger partial charge in [0.2, 0.25) is 0 Å². The fourth-order valence-electron chi connectivity index (χ4n) is 13.9. The van der Waals surface area contributed by atoms with Crippen LogP contribution in [0.4, 0.5) is 0 Å². The fourth-order valence-corrected chi connectivity index (χ4v) is 15.8. The fraction of sp³-hybridized carbons (Fsp3) is 0.528. The Morgan fingerprint density at radius 2 is 0.976 bits per heavy atom. The van der Waals surface area contributed by atoms with E-state index in [0.717, 1.165) is 115 Å². The molecule has 4 aromatic carbocycles. The molecule has 6 aromatic rings. The monoisotopic (exact) mass is 1140 g/mol. The summed E-state index contributed by atoms with van der Waals surface area (Å²) < 4.78 is 0. The van der Waals surface area contributed by atoms with Crippen LogP contribution in [-0.2, 0) is 5.41 Å². The second-order valence-corrected chi connectivity index (χ2v) is 26.8. The first-order valence-electron chi connectivity index (χ1n) is 32.0. The van der Waals surface area contributed by atoms with Crippen molar-refractivity contribution in [2.24, 2.45) is 11.8 Å². The molecule has 438 valence electrons. The number of fused-ring (bicyclic) bond motifs is 3. The van der Waals surface area contributed by atoms with E-state index in [2.05, 4.69) is 121 Å². The lowest BCUT2D eigenvalue weighted by molar-refractivity contribution is 0.0559. The molecule has 8 nitrogen and oxygen atoms in total. The summed E-state index contributed by atoms with van der Waals surface area (Å²) in [6, 6.07) is 26.5. The number of carbonyl (C=O) groups is 4. The second kappa shape index (κ2) is 27.6. The summed E-state index contributed by atoms with van der Waals surface area (Å²) in [5.41, 5.74) is 10.9. The van der Waals surface area contributed by atoms with Crippen LogP contribution < -0.4 is 0 Å². The van der Waals surface area contributed by atoms with E-state index < -0.39 is 0 Å². The Morgan fingerprint density at radius 1 is 0.476 bits per heavy atom. The molecule has 0 saturated carbocycles. The molecule has 0 saturated heterocycles. The molecule has 0 radical (unpaired) electrons. The normalized spacial score (nSPS) is 16.4. The zero-order chi connectivity index (χ0) is 58.2. The zero-order valence-corrected chi connectivity index (χ0v) is 53.1. The first-order chi connectivity index (χ1) is 39.7. The van der Waals surface area contributed by atoms with E-state index in [1.165, 1.54) is 95.5 Å². The van der Waals surface area contributed by atoms with E-state index in [-0.39, 0.29) is 40.9 Å². The minimum absolute atomic E-state index is 0.112. The standard InChI is InChI=1S/C72H94N4O4S2/c1-11-18-28-50(13-3)46-75-69(78)58-45-56(67-65-57(68(77)76(71(67)80)47-51(14-4)29-19-12-2)44-55(62-35-31-49(9)81-62)66(64(58)65)70(75)79)63-37-36-61(82-63)52-32-34-54-53-33-30-48(8)42-59(53)72(60(54)43-52,38-24-20-22-26-40-73(10)15-5)39-25-21-23-27-41-74(16-6)17-7/h30-37,42-45,50-51H,11-29,38-41,46-47H2,1-10H3. The van der Waals surface area contributed by atoms with Crippen LogP contribution in [0, 0.1) is 25.7 Å². The third-order valence-corrected chi connectivity index (χ3v) is 21.3. The summed E-state index contributed by atoms with van der Waals surface area (Å²) in [7, 11) is 2.23. The van der Waals surface area contributed by atoms with Crippen molar-refractivity contribution in [3.8, 4) is 42.4 Å². The van der Waals surface area contributed by atoms with Gasteiger partial charge in [-0.2, -0.15) is 0 Å². The third-order valence-electron chi connectivity index (χ3n) is 19.1. The van der Waals surface area contributed by atoms with Crippen molar-refractivity contribution < 1.29 is 19.2 Å². The second-order valence-electron chi connectivity index (χ2n) is 24.4. The van der Waals surface area contributed by atoms with Crippen LogP contribution >= 0.6 is 22.7 Å². The molecule has 3 unspecified atom stereocenters. The average Bonchev–Trinajstić information content (AvgIpc) is 1.19. The number of nitrogens with zero attached hydrogens (tertiary/aromatic N) is 4. The summed E-state index contributed by atoms with van der Waals surface area (Å²) in [5, 5.41) is 0.894. The van der Waals surface area contributed by atoms with Gasteiger partial charge in [0.05, 0.1) is 11.1 Å². The van der Waals surface area contributed by atoms with Crippen LogP contribution in [0.3, 0.4) is 0 Å². The molecule has 0 spiro atoms. The van der Waals surface area contributed by atoms with Crippen molar-refractivity contribution in [1.29, 1.82) is 0 Å². The number of hydrogen-bond acceptors (Lipinski definition) is 8. The van der Waals surface area contributed by atoms with Gasteiger partial charge in [-0.3, -0.25) is 29.0 Å². The summed E-state index contributed by atoms with van der Waals surface area (Å²) >= 11 is 3.23. The molecule has 2 aromatic heterocycles. The van der Waals surface area contributed by atoms with Gasteiger partial charge < -0.3 is 9.80 Å². The summed E-state index contributed by atoms with van der Waals surface area (Å²) in [4.78, 5) is 73.5. The van der Waals surface area contributed by atoms with Gasteiger partial charge in [0, 0.05) is 71.0 Å². The van der Waals surface area contributed by atoms with Crippen molar-refractivity contribution in [2.75, 3.05) is 52.9 Å². The van der Waals surface area contributed by atoms with Gasteiger partial charge in [0.1, 0.15) is 0 Å². The van der Waals surface area contributed by atoms with Gasteiger partial charge in [0.15, 0.2) is 0 Å². The van der Waals surface area contributed by atoms with E-state index in [1.807, 2.05) is 31.2 Å². The first-order valence-corrected chi connectivity index (χ1v) is 33.6. The van der Waals surface area contributed by atoms with Gasteiger partial charge in [-0.05, 0) is 174 Å². The maximum Gasteiger partial charge on any atom is 0.262 e. The van der Waals surface area contributed by atoms with Crippen LogP contribution in [-0.4, -0.2) is 96.1 Å². The highest BCUT2D eigenvalue weighted by Crippen LogP contribution is 2.56. The first kappa shape index (κ1) is 61.3. The Balaban J connectivity index is 1.17. The molecule has 4 heterocycles. The molecule has 10 heteroatoms. The molecule has 0 N–H and O–H groups in total. The zero-order valence-electron chi connectivity index (χ0n) is 51.5. The van der Waals surface area contributed by atoms with E-state index in [1.54, 1.807) is 22.7 Å². The van der Waals surface area contributed by atoms with Crippen molar-refractivity contribution in [1.82, 2.24) is 19.6 Å². The lowest BCUT2D eigenvalue weighted by Crippen LogP contribution is -2.46. The highest BCUT2D eigenvalue weighted by molar-refractivity contribution is 7.19. The predicted octanol–water partition coefficient (Wildman–Crippen LogP) is 18.7. The summed E-state index contributed by atoms with van der Waals surface area (Å²) in [6.45, 7) is 26.0. The molecule has 82 heavy (non-hydrogen) atoms. The average molecular weight is 1140 g/mol. The van der Waals surface area contributed by atoms with Gasteiger partial charge in [-0.15, -0.1) is 22.7 Å². The lowest BCUT2D eigenvalue weighted by atomic mass is 9.70. The number of thiophene rings is 2. The van der Waals surface area contributed by atoms with E-state index in [9.17, 15) is 0 Å². The number of carbonyl (C=O) groups excluding carboxylic acids is 4. The number of hydrogen-bond donors (Lipinski definition) is 0. The van der Waals surface area contributed by atoms with Crippen LogP contribution in [0.25, 0.3) is 53.2 Å². The van der Waals surface area contributed by atoms with Crippen LogP contribution in [0.1, 0.15) is 227 Å².